The first-order valence-electron chi connectivity index (χ1n) is 6.91. The second-order valence-corrected chi connectivity index (χ2v) is 5.07. The van der Waals surface area contributed by atoms with E-state index in [9.17, 15) is 14.7 Å². The average Bonchev–Trinajstić information content (AvgIpc) is 2.58. The van der Waals surface area contributed by atoms with Gasteiger partial charge in [-0.3, -0.25) is 4.79 Å². The third-order valence-electron chi connectivity index (χ3n) is 3.70. The minimum absolute atomic E-state index is 0.0995. The van der Waals surface area contributed by atoms with Crippen molar-refractivity contribution in [1.29, 1.82) is 0 Å². The second kappa shape index (κ2) is 5.48. The molecule has 2 aromatic rings. The number of ether oxygens (including phenoxy) is 1. The molecule has 0 saturated heterocycles. The molecule has 0 saturated carbocycles. The predicted molar refractivity (Wildman–Crippen MR) is 80.3 cm³/mol. The number of benzene rings is 2. The van der Waals surface area contributed by atoms with E-state index in [0.717, 1.165) is 0 Å². The lowest BCUT2D eigenvalue weighted by atomic mass is 9.81. The molecule has 1 unspecified atom stereocenters. The molecule has 22 heavy (non-hydrogen) atoms. The van der Waals surface area contributed by atoms with Gasteiger partial charge in [0.05, 0.1) is 0 Å². The smallest absolute Gasteiger partial charge is 0.374 e. The first-order chi connectivity index (χ1) is 10.6. The van der Waals surface area contributed by atoms with Gasteiger partial charge in [0.15, 0.2) is 5.76 Å². The third-order valence-corrected chi connectivity index (χ3v) is 3.70. The summed E-state index contributed by atoms with van der Waals surface area (Å²) in [6, 6.07) is 17.5. The average molecular weight is 294 g/mol. The zero-order chi connectivity index (χ0) is 15.6. The number of hydrogen-bond acceptors (Lipinski definition) is 4. The Morgan fingerprint density at radius 3 is 2.18 bits per heavy atom. The Kier molecular flexibility index (Phi) is 3.51. The highest BCUT2D eigenvalue weighted by atomic mass is 16.6. The Morgan fingerprint density at radius 2 is 1.59 bits per heavy atom. The number of esters is 1. The molecule has 3 rings (SSSR count). The van der Waals surface area contributed by atoms with Gasteiger partial charge in [0.25, 0.3) is 0 Å². The van der Waals surface area contributed by atoms with Crippen molar-refractivity contribution in [2.75, 3.05) is 0 Å². The minimum atomic E-state index is -1.44. The van der Waals surface area contributed by atoms with Crippen LogP contribution in [-0.2, 0) is 15.1 Å². The third kappa shape index (κ3) is 2.29. The summed E-state index contributed by atoms with van der Waals surface area (Å²) < 4.78 is 5.38. The van der Waals surface area contributed by atoms with E-state index in [1.54, 1.807) is 48.5 Å². The molecule has 1 N–H and O–H groups in total. The molecule has 2 aromatic carbocycles. The van der Waals surface area contributed by atoms with Crippen LogP contribution in [0, 0.1) is 0 Å². The highest BCUT2D eigenvalue weighted by molar-refractivity contribution is 6.05. The van der Waals surface area contributed by atoms with Crippen molar-refractivity contribution in [3.8, 4) is 0 Å². The van der Waals surface area contributed by atoms with E-state index < -0.39 is 17.3 Å². The Hall–Kier alpha value is -2.88. The molecule has 0 bridgehead atoms. The summed E-state index contributed by atoms with van der Waals surface area (Å²) in [5.74, 6) is -1.66. The Morgan fingerprint density at radius 1 is 1.00 bits per heavy atom. The van der Waals surface area contributed by atoms with Gasteiger partial charge >= 0.3 is 5.97 Å². The van der Waals surface area contributed by atoms with Crippen molar-refractivity contribution in [2.45, 2.75) is 12.0 Å². The summed E-state index contributed by atoms with van der Waals surface area (Å²) in [5.41, 5.74) is -0.402. The first kappa shape index (κ1) is 14.1. The number of aliphatic hydroxyl groups is 1. The lowest BCUT2D eigenvalue weighted by molar-refractivity contribution is -0.156. The highest BCUT2D eigenvalue weighted by Crippen LogP contribution is 2.37. The van der Waals surface area contributed by atoms with Crippen LogP contribution >= 0.6 is 0 Å². The summed E-state index contributed by atoms with van der Waals surface area (Å²) in [6.45, 7) is 0. The topological polar surface area (TPSA) is 63.6 Å². The largest absolute Gasteiger partial charge is 0.502 e. The van der Waals surface area contributed by atoms with Gasteiger partial charge in [0, 0.05) is 17.5 Å². The van der Waals surface area contributed by atoms with Crippen LogP contribution in [0.15, 0.2) is 72.5 Å². The van der Waals surface area contributed by atoms with Crippen LogP contribution in [-0.4, -0.2) is 16.9 Å². The maximum absolute atomic E-state index is 13.0. The molecule has 0 aromatic heterocycles. The SMILES string of the molecule is O=C1OC(C(=O)c2ccccc2)(c2ccccc2)CC=C1O. The van der Waals surface area contributed by atoms with Gasteiger partial charge in [-0.25, -0.2) is 4.79 Å². The molecular formula is C18H14O4. The van der Waals surface area contributed by atoms with Gasteiger partial charge in [0.2, 0.25) is 11.4 Å². The molecule has 1 aliphatic rings. The molecule has 1 atom stereocenters. The van der Waals surface area contributed by atoms with Gasteiger partial charge in [-0.1, -0.05) is 60.7 Å². The van der Waals surface area contributed by atoms with Crippen LogP contribution in [0.2, 0.25) is 0 Å². The van der Waals surface area contributed by atoms with E-state index in [0.29, 0.717) is 11.1 Å². The van der Waals surface area contributed by atoms with Crippen molar-refractivity contribution in [2.24, 2.45) is 0 Å². The van der Waals surface area contributed by atoms with Gasteiger partial charge in [-0.2, -0.15) is 0 Å². The highest BCUT2D eigenvalue weighted by Gasteiger charge is 2.46. The van der Waals surface area contributed by atoms with E-state index in [2.05, 4.69) is 0 Å². The van der Waals surface area contributed by atoms with Crippen molar-refractivity contribution >= 4 is 11.8 Å². The van der Waals surface area contributed by atoms with E-state index in [1.807, 2.05) is 12.1 Å². The number of ketones is 1. The summed E-state index contributed by atoms with van der Waals surface area (Å²) in [5, 5.41) is 9.48. The number of carbonyl (C=O) groups excluding carboxylic acids is 2. The fourth-order valence-electron chi connectivity index (χ4n) is 2.55. The van der Waals surface area contributed by atoms with Crippen LogP contribution in [0.4, 0.5) is 0 Å². The molecule has 0 radical (unpaired) electrons. The van der Waals surface area contributed by atoms with Crippen molar-refractivity contribution in [1.82, 2.24) is 0 Å². The van der Waals surface area contributed by atoms with Crippen LogP contribution in [0.1, 0.15) is 22.3 Å². The van der Waals surface area contributed by atoms with E-state index in [4.69, 9.17) is 4.74 Å². The number of Topliss-reactive ketones (excluding diaryl/α,β-unsaturated/α-hetero) is 1. The molecule has 4 nitrogen and oxygen atoms in total. The fourth-order valence-corrected chi connectivity index (χ4v) is 2.55. The van der Waals surface area contributed by atoms with Crippen LogP contribution in [0.3, 0.4) is 0 Å². The Balaban J connectivity index is 2.13. The van der Waals surface area contributed by atoms with Gasteiger partial charge in [-0.15, -0.1) is 0 Å². The monoisotopic (exact) mass is 294 g/mol. The van der Waals surface area contributed by atoms with Crippen LogP contribution in [0.5, 0.6) is 0 Å². The number of aliphatic hydroxyl groups excluding tert-OH is 1. The molecule has 0 aliphatic carbocycles. The molecule has 1 heterocycles. The number of rotatable bonds is 3. The predicted octanol–water partition coefficient (Wildman–Crippen LogP) is 3.15. The van der Waals surface area contributed by atoms with Gasteiger partial charge < -0.3 is 9.84 Å². The quantitative estimate of drug-likeness (QED) is 0.697. The zero-order valence-corrected chi connectivity index (χ0v) is 11.7. The summed E-state index contributed by atoms with van der Waals surface area (Å²) >= 11 is 0. The number of hydrogen-bond donors (Lipinski definition) is 1. The van der Waals surface area contributed by atoms with E-state index in [-0.39, 0.29) is 12.2 Å². The fraction of sp³-hybridized carbons (Fsp3) is 0.111. The minimum Gasteiger partial charge on any atom is -0.502 e. The summed E-state index contributed by atoms with van der Waals surface area (Å²) in [7, 11) is 0. The van der Waals surface area contributed by atoms with Crippen LogP contribution < -0.4 is 0 Å². The first-order valence-corrected chi connectivity index (χ1v) is 6.91. The standard InChI is InChI=1S/C18H14O4/c19-15-11-12-18(22-17(15)21,14-9-5-2-6-10-14)16(20)13-7-3-1-4-8-13/h1-11,19H,12H2. The maximum atomic E-state index is 13.0. The van der Waals surface area contributed by atoms with Crippen molar-refractivity contribution in [3.63, 3.8) is 0 Å². The molecular weight excluding hydrogens is 280 g/mol. The molecule has 0 fully saturated rings. The van der Waals surface area contributed by atoms with Crippen molar-refractivity contribution in [3.05, 3.63) is 83.6 Å². The summed E-state index contributed by atoms with van der Waals surface area (Å²) in [4.78, 5) is 24.8. The van der Waals surface area contributed by atoms with E-state index >= 15 is 0 Å². The van der Waals surface area contributed by atoms with Crippen molar-refractivity contribution < 1.29 is 19.4 Å². The molecule has 0 amide bonds. The number of carbonyl (C=O) groups is 2. The lowest BCUT2D eigenvalue weighted by Crippen LogP contribution is -2.43. The zero-order valence-electron chi connectivity index (χ0n) is 11.7. The molecule has 1 aliphatic heterocycles. The van der Waals surface area contributed by atoms with E-state index in [1.165, 1.54) is 6.08 Å². The van der Waals surface area contributed by atoms with Gasteiger partial charge in [0.1, 0.15) is 0 Å². The molecule has 110 valence electrons. The van der Waals surface area contributed by atoms with Crippen LogP contribution in [0.25, 0.3) is 0 Å². The lowest BCUT2D eigenvalue weighted by Gasteiger charge is -2.34. The molecule has 4 heteroatoms. The normalized spacial score (nSPS) is 20.9. The Labute approximate surface area is 127 Å². The summed E-state index contributed by atoms with van der Waals surface area (Å²) in [6.07, 6.45) is 1.43. The van der Waals surface area contributed by atoms with Gasteiger partial charge in [-0.05, 0) is 6.08 Å². The second-order valence-electron chi connectivity index (χ2n) is 5.07. The molecule has 0 spiro atoms. The number of cyclic esters (lactones) is 1. The Bertz CT molecular complexity index is 734. The maximum Gasteiger partial charge on any atom is 0.374 e.